The fraction of sp³-hybridized carbons (Fsp3) is 0. The molecule has 0 saturated heterocycles. The van der Waals surface area contributed by atoms with Gasteiger partial charge in [-0.1, -0.05) is 200 Å². The third-order valence-electron chi connectivity index (χ3n) is 17.8. The van der Waals surface area contributed by atoms with Crippen LogP contribution in [0.3, 0.4) is 0 Å². The molecule has 4 nitrogen and oxygen atoms in total. The summed E-state index contributed by atoms with van der Waals surface area (Å²) in [4.78, 5) is 4.82. The van der Waals surface area contributed by atoms with E-state index in [1.165, 1.54) is 89.8 Å². The first kappa shape index (κ1) is 50.3. The molecule has 14 aromatic carbocycles. The highest BCUT2D eigenvalue weighted by Gasteiger charge is 2.27. The van der Waals surface area contributed by atoms with E-state index in [1.54, 1.807) is 0 Å². The van der Waals surface area contributed by atoms with E-state index in [1.807, 2.05) is 22.7 Å². The number of nitrogens with zero attached hydrogens (tertiary/aromatic N) is 3. The largest absolute Gasteiger partial charge is 0.455 e. The molecule has 18 aromatic rings. The van der Waals surface area contributed by atoms with Gasteiger partial charge in [-0.15, -0.1) is 22.7 Å². The topological polar surface area (TPSA) is 24.6 Å². The van der Waals surface area contributed by atoms with E-state index in [9.17, 15) is 0 Å². The Kier molecular flexibility index (Phi) is 11.6. The van der Waals surface area contributed by atoms with E-state index in [0.717, 1.165) is 78.3 Å². The van der Waals surface area contributed by atoms with Crippen molar-refractivity contribution in [3.05, 3.63) is 309 Å². The molecule has 4 heterocycles. The molecule has 0 aliphatic heterocycles. The lowest BCUT2D eigenvalue weighted by molar-refractivity contribution is 0.670. The summed E-state index contributed by atoms with van der Waals surface area (Å²) >= 11 is 3.73. The van der Waals surface area contributed by atoms with Crippen molar-refractivity contribution in [3.8, 4) is 39.1 Å². The van der Waals surface area contributed by atoms with Gasteiger partial charge < -0.3 is 18.8 Å². The van der Waals surface area contributed by atoms with Crippen molar-refractivity contribution >= 4 is 152 Å². The Labute approximate surface area is 515 Å². The van der Waals surface area contributed by atoms with E-state index < -0.39 is 0 Å². The molecule has 4 aromatic heterocycles. The summed E-state index contributed by atoms with van der Waals surface area (Å²) in [6, 6.07) is 113. The lowest BCUT2D eigenvalue weighted by Crippen LogP contribution is -2.12. The molecule has 0 radical (unpaired) electrons. The number of fused-ring (bicyclic) bond motifs is 13. The second kappa shape index (κ2) is 20.3. The lowest BCUT2D eigenvalue weighted by atomic mass is 9.94. The molecule has 0 atom stereocenters. The van der Waals surface area contributed by atoms with Crippen LogP contribution in [0, 0.1) is 0 Å². The summed E-state index contributed by atoms with van der Waals surface area (Å²) in [5.41, 5.74) is 18.5. The number of para-hydroxylation sites is 6. The quantitative estimate of drug-likeness (QED) is 0.136. The molecular weight excluding hydrogens is 1110 g/mol. The molecule has 0 saturated carbocycles. The zero-order valence-corrected chi connectivity index (χ0v) is 49.1. The second-order valence-corrected chi connectivity index (χ2v) is 24.8. The standard InChI is InChI=1S/C82H51N3OS2/c1-4-20-54(21-5-1)83(55-22-6-2-7-23-55)58-43-48-76-70(51-58)66-32-19-34-69(80(66)86-76)79-75(85(56-24-8-3-9-25-56)74-46-44-59(61-26-10-11-27-62(61)74)53-40-49-78-71(50-53)65-30-14-17-37-77(65)87-78)47-45-68-67-33-18-31-60(81(67)88-82(68)79)52-38-41-57(42-39-52)84-72-35-15-12-28-63(72)64-29-13-16-36-73(64)84/h1-51H. The Balaban J connectivity index is 0.865. The van der Waals surface area contributed by atoms with Crippen LogP contribution in [0.15, 0.2) is 314 Å². The number of hydrogen-bond acceptors (Lipinski definition) is 5. The zero-order chi connectivity index (χ0) is 57.8. The number of thiophene rings is 2. The number of hydrogen-bond donors (Lipinski definition) is 0. The second-order valence-electron chi connectivity index (χ2n) is 22.7. The summed E-state index contributed by atoms with van der Waals surface area (Å²) < 4.78 is 14.7. The van der Waals surface area contributed by atoms with Crippen LogP contribution in [-0.4, -0.2) is 4.57 Å². The zero-order valence-electron chi connectivity index (χ0n) is 47.5. The third kappa shape index (κ3) is 7.97. The van der Waals surface area contributed by atoms with Gasteiger partial charge in [-0.25, -0.2) is 0 Å². The number of benzene rings is 14. The van der Waals surface area contributed by atoms with Crippen molar-refractivity contribution in [3.63, 3.8) is 0 Å². The van der Waals surface area contributed by atoms with Crippen LogP contribution in [0.25, 0.3) is 134 Å². The molecule has 18 rings (SSSR count). The Morgan fingerprint density at radius 3 is 1.56 bits per heavy atom. The normalized spacial score (nSPS) is 11.9. The molecule has 0 aliphatic carbocycles. The smallest absolute Gasteiger partial charge is 0.143 e. The van der Waals surface area contributed by atoms with Crippen LogP contribution < -0.4 is 9.80 Å². The van der Waals surface area contributed by atoms with E-state index in [0.29, 0.717) is 0 Å². The first-order chi connectivity index (χ1) is 43.7. The summed E-state index contributed by atoms with van der Waals surface area (Å²) in [6.07, 6.45) is 0. The molecule has 0 aliphatic rings. The van der Waals surface area contributed by atoms with E-state index in [4.69, 9.17) is 4.42 Å². The van der Waals surface area contributed by atoms with Crippen molar-refractivity contribution in [1.82, 2.24) is 4.57 Å². The van der Waals surface area contributed by atoms with Crippen molar-refractivity contribution in [2.45, 2.75) is 0 Å². The van der Waals surface area contributed by atoms with E-state index in [-0.39, 0.29) is 0 Å². The Morgan fingerprint density at radius 2 is 0.841 bits per heavy atom. The third-order valence-corrected chi connectivity index (χ3v) is 20.2. The number of aromatic nitrogens is 1. The number of furan rings is 1. The molecule has 0 amide bonds. The van der Waals surface area contributed by atoms with Gasteiger partial charge in [0.25, 0.3) is 0 Å². The molecule has 0 spiro atoms. The SMILES string of the molecule is c1ccc(N(c2ccccc2)c2ccc3oc4c(-c5c(N(c6ccccc6)c6ccc(-c7ccc8sc9ccccc9c8c7)c7ccccc67)ccc6c5sc5c(-c7ccc(-n8c9ccccc9c9ccccc98)cc7)cccc56)cccc4c3c2)cc1. The summed E-state index contributed by atoms with van der Waals surface area (Å²) in [6.45, 7) is 0. The van der Waals surface area contributed by atoms with Crippen LogP contribution in [0.1, 0.15) is 0 Å². The van der Waals surface area contributed by atoms with Gasteiger partial charge in [0, 0.05) is 107 Å². The van der Waals surface area contributed by atoms with Crippen molar-refractivity contribution in [2.75, 3.05) is 9.80 Å². The Bertz CT molecular complexity index is 5670. The maximum absolute atomic E-state index is 7.29. The maximum atomic E-state index is 7.29. The van der Waals surface area contributed by atoms with Crippen molar-refractivity contribution in [2.24, 2.45) is 0 Å². The summed E-state index contributed by atoms with van der Waals surface area (Å²) in [5, 5.41) is 12.0. The van der Waals surface area contributed by atoms with Gasteiger partial charge in [-0.2, -0.15) is 0 Å². The van der Waals surface area contributed by atoms with Gasteiger partial charge in [-0.3, -0.25) is 0 Å². The fourth-order valence-electron chi connectivity index (χ4n) is 13.8. The maximum Gasteiger partial charge on any atom is 0.143 e. The molecule has 0 fully saturated rings. The molecule has 88 heavy (non-hydrogen) atoms. The molecule has 6 heteroatoms. The summed E-state index contributed by atoms with van der Waals surface area (Å²) in [5.74, 6) is 0. The number of anilines is 6. The minimum absolute atomic E-state index is 0.833. The average Bonchev–Trinajstić information content (AvgIpc) is 1.90. The van der Waals surface area contributed by atoms with Gasteiger partial charge >= 0.3 is 0 Å². The van der Waals surface area contributed by atoms with Crippen molar-refractivity contribution in [1.29, 1.82) is 0 Å². The van der Waals surface area contributed by atoms with Crippen LogP contribution in [0.5, 0.6) is 0 Å². The molecule has 0 bridgehead atoms. The fourth-order valence-corrected chi connectivity index (χ4v) is 16.3. The lowest BCUT2D eigenvalue weighted by Gasteiger charge is -2.30. The monoisotopic (exact) mass is 1160 g/mol. The van der Waals surface area contributed by atoms with E-state index in [2.05, 4.69) is 324 Å². The molecule has 0 unspecified atom stereocenters. The predicted octanol–water partition coefficient (Wildman–Crippen LogP) is 24.5. The first-order valence-corrected chi connectivity index (χ1v) is 31.5. The summed E-state index contributed by atoms with van der Waals surface area (Å²) in [7, 11) is 0. The van der Waals surface area contributed by atoms with Gasteiger partial charge in [-0.05, 0) is 137 Å². The minimum Gasteiger partial charge on any atom is -0.455 e. The van der Waals surface area contributed by atoms with Gasteiger partial charge in [0.15, 0.2) is 0 Å². The average molecular weight is 1160 g/mol. The van der Waals surface area contributed by atoms with Gasteiger partial charge in [0.1, 0.15) is 11.2 Å². The molecular formula is C82H51N3OS2. The molecule has 0 N–H and O–H groups in total. The van der Waals surface area contributed by atoms with E-state index >= 15 is 0 Å². The number of rotatable bonds is 10. The van der Waals surface area contributed by atoms with Gasteiger partial charge in [0.05, 0.1) is 22.4 Å². The first-order valence-electron chi connectivity index (χ1n) is 29.9. The van der Waals surface area contributed by atoms with Gasteiger partial charge in [0.2, 0.25) is 0 Å². The van der Waals surface area contributed by atoms with Crippen LogP contribution in [0.4, 0.5) is 34.1 Å². The predicted molar refractivity (Wildman–Crippen MR) is 377 cm³/mol. The Hall–Kier alpha value is -11.0. The van der Waals surface area contributed by atoms with Crippen LogP contribution >= 0.6 is 22.7 Å². The molecule has 412 valence electrons. The van der Waals surface area contributed by atoms with Crippen LogP contribution in [-0.2, 0) is 0 Å². The van der Waals surface area contributed by atoms with Crippen LogP contribution in [0.2, 0.25) is 0 Å². The highest BCUT2D eigenvalue weighted by atomic mass is 32.1. The Morgan fingerprint density at radius 1 is 0.284 bits per heavy atom. The highest BCUT2D eigenvalue weighted by molar-refractivity contribution is 7.27. The van der Waals surface area contributed by atoms with Crippen molar-refractivity contribution < 1.29 is 4.42 Å². The highest BCUT2D eigenvalue weighted by Crippen LogP contribution is 2.54. The minimum atomic E-state index is 0.833.